The quantitative estimate of drug-likeness (QED) is 0.831. The Morgan fingerprint density at radius 2 is 1.94 bits per heavy atom. The standard InChI is InChI=1S/C12H9FN2OS/c1-7-14-6-10(11(15-7)12(16)17)8-2-4-9(13)5-3-8/h2-6H,1H3,(H,16,17). The van der Waals surface area contributed by atoms with Crippen LogP contribution in [0.4, 0.5) is 4.39 Å². The molecule has 0 saturated carbocycles. The highest BCUT2D eigenvalue weighted by molar-refractivity contribution is 7.97. The molecule has 0 N–H and O–H groups in total. The van der Waals surface area contributed by atoms with Gasteiger partial charge in [0.15, 0.2) is 0 Å². The Balaban J connectivity index is 2.58. The predicted molar refractivity (Wildman–Crippen MR) is 65.5 cm³/mol. The molecule has 0 amide bonds. The van der Waals surface area contributed by atoms with Crippen molar-refractivity contribution >= 4 is 17.7 Å². The van der Waals surface area contributed by atoms with E-state index in [4.69, 9.17) is 0 Å². The molecule has 2 rings (SSSR count). The second-order valence-electron chi connectivity index (χ2n) is 3.49. The summed E-state index contributed by atoms with van der Waals surface area (Å²) in [6.07, 6.45) is 1.54. The average molecular weight is 248 g/mol. The molecule has 0 radical (unpaired) electrons. The molecule has 0 saturated heterocycles. The Hall–Kier alpha value is -1.75. The van der Waals surface area contributed by atoms with Crippen molar-refractivity contribution < 1.29 is 9.18 Å². The van der Waals surface area contributed by atoms with E-state index in [1.807, 2.05) is 0 Å². The minimum Gasteiger partial charge on any atom is -0.280 e. The van der Waals surface area contributed by atoms with Crippen molar-refractivity contribution in [3.05, 3.63) is 47.8 Å². The van der Waals surface area contributed by atoms with Gasteiger partial charge in [-0.1, -0.05) is 24.8 Å². The van der Waals surface area contributed by atoms with Gasteiger partial charge >= 0.3 is 0 Å². The Morgan fingerprint density at radius 3 is 2.53 bits per heavy atom. The monoisotopic (exact) mass is 248 g/mol. The third kappa shape index (κ3) is 2.50. The van der Waals surface area contributed by atoms with E-state index in [0.717, 1.165) is 0 Å². The Labute approximate surface area is 103 Å². The number of thiol groups is 1. The Morgan fingerprint density at radius 1 is 1.29 bits per heavy atom. The molecule has 0 aliphatic rings. The topological polar surface area (TPSA) is 42.9 Å². The molecule has 0 unspecified atom stereocenters. The largest absolute Gasteiger partial charge is 0.280 e. The lowest BCUT2D eigenvalue weighted by Crippen LogP contribution is -2.02. The van der Waals surface area contributed by atoms with E-state index >= 15 is 0 Å². The minimum atomic E-state index is -0.435. The summed E-state index contributed by atoms with van der Waals surface area (Å²) >= 11 is 3.77. The molecule has 0 spiro atoms. The van der Waals surface area contributed by atoms with Crippen LogP contribution in [-0.4, -0.2) is 15.1 Å². The molecule has 0 fully saturated rings. The van der Waals surface area contributed by atoms with Gasteiger partial charge < -0.3 is 0 Å². The van der Waals surface area contributed by atoms with Crippen LogP contribution in [0.3, 0.4) is 0 Å². The molecule has 0 bridgehead atoms. The second kappa shape index (κ2) is 4.63. The molecule has 5 heteroatoms. The van der Waals surface area contributed by atoms with Crippen molar-refractivity contribution in [3.8, 4) is 11.1 Å². The number of carbonyl (C=O) groups is 1. The third-order valence-corrected chi connectivity index (χ3v) is 2.48. The van der Waals surface area contributed by atoms with Gasteiger partial charge in [0.2, 0.25) is 5.12 Å². The maximum absolute atomic E-state index is 12.8. The summed E-state index contributed by atoms with van der Waals surface area (Å²) in [6, 6.07) is 5.79. The molecule has 1 aromatic carbocycles. The van der Waals surface area contributed by atoms with Gasteiger partial charge in [-0.25, -0.2) is 14.4 Å². The van der Waals surface area contributed by atoms with Crippen LogP contribution in [0, 0.1) is 12.7 Å². The number of nitrogens with zero attached hydrogens (tertiary/aromatic N) is 2. The van der Waals surface area contributed by atoms with E-state index in [1.54, 1.807) is 25.3 Å². The first-order valence-electron chi connectivity index (χ1n) is 4.91. The highest BCUT2D eigenvalue weighted by Crippen LogP contribution is 2.23. The number of rotatable bonds is 2. The van der Waals surface area contributed by atoms with E-state index in [1.165, 1.54) is 12.1 Å². The Kier molecular flexibility index (Phi) is 3.19. The molecule has 1 aromatic heterocycles. The van der Waals surface area contributed by atoms with Crippen LogP contribution in [0.2, 0.25) is 0 Å². The van der Waals surface area contributed by atoms with Crippen LogP contribution >= 0.6 is 12.6 Å². The lowest BCUT2D eigenvalue weighted by atomic mass is 10.1. The molecule has 17 heavy (non-hydrogen) atoms. The first-order chi connectivity index (χ1) is 8.08. The average Bonchev–Trinajstić information content (AvgIpc) is 2.30. The van der Waals surface area contributed by atoms with Gasteiger partial charge in [0.05, 0.1) is 0 Å². The van der Waals surface area contributed by atoms with Crippen molar-refractivity contribution in [2.75, 3.05) is 0 Å². The molecule has 0 aliphatic heterocycles. The van der Waals surface area contributed by atoms with Gasteiger partial charge in [0.1, 0.15) is 17.3 Å². The van der Waals surface area contributed by atoms with Crippen LogP contribution < -0.4 is 0 Å². The molecule has 0 atom stereocenters. The summed E-state index contributed by atoms with van der Waals surface area (Å²) in [5.74, 6) is 0.161. The maximum Gasteiger partial charge on any atom is 0.235 e. The van der Waals surface area contributed by atoms with Gasteiger partial charge in [0, 0.05) is 11.8 Å². The molecular formula is C12H9FN2OS. The highest BCUT2D eigenvalue weighted by atomic mass is 32.1. The molecule has 3 nitrogen and oxygen atoms in total. The number of hydrogen-bond donors (Lipinski definition) is 1. The van der Waals surface area contributed by atoms with Crippen molar-refractivity contribution in [1.29, 1.82) is 0 Å². The number of halogens is 1. The molecule has 1 heterocycles. The zero-order valence-electron chi connectivity index (χ0n) is 9.01. The van der Waals surface area contributed by atoms with Gasteiger partial charge in [-0.05, 0) is 24.6 Å². The summed E-state index contributed by atoms with van der Waals surface area (Å²) < 4.78 is 12.8. The first kappa shape index (κ1) is 11.7. The number of aromatic nitrogens is 2. The number of benzene rings is 1. The second-order valence-corrected chi connectivity index (χ2v) is 3.90. The van der Waals surface area contributed by atoms with Crippen LogP contribution in [0.5, 0.6) is 0 Å². The fourth-order valence-corrected chi connectivity index (χ4v) is 1.64. The lowest BCUT2D eigenvalue weighted by Gasteiger charge is -2.06. The maximum atomic E-state index is 12.8. The summed E-state index contributed by atoms with van der Waals surface area (Å²) in [6.45, 7) is 1.69. The molecule has 2 aromatic rings. The highest BCUT2D eigenvalue weighted by Gasteiger charge is 2.12. The number of hydrogen-bond acceptors (Lipinski definition) is 3. The fraction of sp³-hybridized carbons (Fsp3) is 0.0833. The fourth-order valence-electron chi connectivity index (χ4n) is 1.47. The van der Waals surface area contributed by atoms with Crippen LogP contribution in [0.25, 0.3) is 11.1 Å². The van der Waals surface area contributed by atoms with E-state index < -0.39 is 5.12 Å². The van der Waals surface area contributed by atoms with Crippen molar-refractivity contribution in [2.45, 2.75) is 6.92 Å². The molecule has 0 aliphatic carbocycles. The van der Waals surface area contributed by atoms with Gasteiger partial charge in [0.25, 0.3) is 0 Å². The van der Waals surface area contributed by atoms with Gasteiger partial charge in [-0.2, -0.15) is 0 Å². The SMILES string of the molecule is Cc1ncc(-c2ccc(F)cc2)c(C(=O)S)n1. The summed E-state index contributed by atoms with van der Waals surface area (Å²) in [4.78, 5) is 19.4. The first-order valence-corrected chi connectivity index (χ1v) is 5.35. The zero-order chi connectivity index (χ0) is 12.4. The van der Waals surface area contributed by atoms with Gasteiger partial charge in [-0.15, -0.1) is 0 Å². The van der Waals surface area contributed by atoms with Crippen LogP contribution in [-0.2, 0) is 0 Å². The lowest BCUT2D eigenvalue weighted by molar-refractivity contribution is 0.108. The van der Waals surface area contributed by atoms with E-state index in [2.05, 4.69) is 22.6 Å². The summed E-state index contributed by atoms with van der Waals surface area (Å²) in [7, 11) is 0. The zero-order valence-corrected chi connectivity index (χ0v) is 9.91. The predicted octanol–water partition coefficient (Wildman–Crippen LogP) is 2.66. The number of aryl methyl sites for hydroxylation is 1. The van der Waals surface area contributed by atoms with Crippen molar-refractivity contribution in [1.82, 2.24) is 9.97 Å². The van der Waals surface area contributed by atoms with Crippen LogP contribution in [0.15, 0.2) is 30.5 Å². The summed E-state index contributed by atoms with van der Waals surface area (Å²) in [5, 5.41) is -0.435. The molecular weight excluding hydrogens is 239 g/mol. The van der Waals surface area contributed by atoms with E-state index in [0.29, 0.717) is 17.0 Å². The van der Waals surface area contributed by atoms with E-state index in [-0.39, 0.29) is 11.5 Å². The van der Waals surface area contributed by atoms with E-state index in [9.17, 15) is 9.18 Å². The summed E-state index contributed by atoms with van der Waals surface area (Å²) in [5.41, 5.74) is 1.46. The smallest absolute Gasteiger partial charge is 0.235 e. The number of carbonyl (C=O) groups excluding carboxylic acids is 1. The van der Waals surface area contributed by atoms with Crippen molar-refractivity contribution in [3.63, 3.8) is 0 Å². The minimum absolute atomic E-state index is 0.229. The van der Waals surface area contributed by atoms with Crippen LogP contribution in [0.1, 0.15) is 16.3 Å². The van der Waals surface area contributed by atoms with Crippen molar-refractivity contribution in [2.24, 2.45) is 0 Å². The third-order valence-electron chi connectivity index (χ3n) is 2.27. The Bertz CT molecular complexity index is 569. The molecule has 86 valence electrons. The normalized spacial score (nSPS) is 10.3. The van der Waals surface area contributed by atoms with Gasteiger partial charge in [-0.3, -0.25) is 4.79 Å².